The number of carbonyl (C=O) groups is 3. The van der Waals surface area contributed by atoms with E-state index in [9.17, 15) is 14.4 Å². The maximum Gasteiger partial charge on any atom is 0.306 e. The summed E-state index contributed by atoms with van der Waals surface area (Å²) in [5.74, 6) is -0.931. The van der Waals surface area contributed by atoms with Crippen LogP contribution in [-0.2, 0) is 28.6 Å². The SMILES string of the molecule is CC/C=C\C/C=C\C/C=C\C/C=C\C/C=C\CCCCCCCCCCCCCCCC(=O)OCC(COC(=O)CCCCCCC/C=C\C/C=C\CCCCC)OC(=O)CCCCCC/C=C\C/C=C\C/C=C\C/C=C\CC. The third kappa shape index (κ3) is 64.3. The fraction of sp³-hybridized carbons (Fsp3) is 0.658. The van der Waals surface area contributed by atoms with Crippen LogP contribution in [-0.4, -0.2) is 37.2 Å². The highest BCUT2D eigenvalue weighted by atomic mass is 16.6. The summed E-state index contributed by atoms with van der Waals surface area (Å²) >= 11 is 0. The van der Waals surface area contributed by atoms with E-state index in [0.29, 0.717) is 19.3 Å². The number of esters is 3. The van der Waals surface area contributed by atoms with Gasteiger partial charge in [0.25, 0.3) is 0 Å². The van der Waals surface area contributed by atoms with Crippen LogP contribution in [0.5, 0.6) is 0 Å². The van der Waals surface area contributed by atoms with E-state index in [0.717, 1.165) is 154 Å². The largest absolute Gasteiger partial charge is 0.462 e. The van der Waals surface area contributed by atoms with Gasteiger partial charge in [0.15, 0.2) is 6.10 Å². The van der Waals surface area contributed by atoms with Crippen molar-refractivity contribution in [2.75, 3.05) is 13.2 Å². The van der Waals surface area contributed by atoms with E-state index in [4.69, 9.17) is 14.2 Å². The molecule has 1 atom stereocenters. The van der Waals surface area contributed by atoms with E-state index in [1.54, 1.807) is 0 Å². The van der Waals surface area contributed by atoms with Crippen LogP contribution in [0.2, 0.25) is 0 Å². The van der Waals surface area contributed by atoms with Gasteiger partial charge < -0.3 is 14.2 Å². The fourth-order valence-electron chi connectivity index (χ4n) is 8.79. The summed E-state index contributed by atoms with van der Waals surface area (Å²) in [6.45, 7) is 6.36. The van der Waals surface area contributed by atoms with Crippen LogP contribution in [0.25, 0.3) is 0 Å². The third-order valence-corrected chi connectivity index (χ3v) is 13.6. The fourth-order valence-corrected chi connectivity index (χ4v) is 8.79. The zero-order valence-corrected chi connectivity index (χ0v) is 51.3. The molecule has 0 fully saturated rings. The summed E-state index contributed by atoms with van der Waals surface area (Å²) in [5.41, 5.74) is 0. The van der Waals surface area contributed by atoms with Gasteiger partial charge in [-0.2, -0.15) is 0 Å². The van der Waals surface area contributed by atoms with Crippen LogP contribution in [0.15, 0.2) is 134 Å². The van der Waals surface area contributed by atoms with E-state index in [1.807, 2.05) is 0 Å². The second kappa shape index (κ2) is 66.1. The van der Waals surface area contributed by atoms with Gasteiger partial charge in [-0.3, -0.25) is 14.4 Å². The highest BCUT2D eigenvalue weighted by Crippen LogP contribution is 2.16. The minimum absolute atomic E-state index is 0.0957. The van der Waals surface area contributed by atoms with Crippen LogP contribution in [0.1, 0.15) is 290 Å². The molecule has 0 amide bonds. The van der Waals surface area contributed by atoms with E-state index in [1.165, 1.54) is 96.3 Å². The Kier molecular flexibility index (Phi) is 62.3. The zero-order valence-electron chi connectivity index (χ0n) is 51.3. The highest BCUT2D eigenvalue weighted by Gasteiger charge is 2.19. The summed E-state index contributed by atoms with van der Waals surface area (Å²) in [5, 5.41) is 0. The quantitative estimate of drug-likeness (QED) is 0.0261. The molecule has 1 unspecified atom stereocenters. The van der Waals surface area contributed by atoms with Crippen molar-refractivity contribution in [3.8, 4) is 0 Å². The van der Waals surface area contributed by atoms with Gasteiger partial charge >= 0.3 is 17.9 Å². The number of allylic oxidation sites excluding steroid dienone is 22. The van der Waals surface area contributed by atoms with Gasteiger partial charge in [0, 0.05) is 19.3 Å². The van der Waals surface area contributed by atoms with Gasteiger partial charge in [-0.25, -0.2) is 0 Å². The van der Waals surface area contributed by atoms with Crippen LogP contribution in [0.3, 0.4) is 0 Å². The molecular weight excluding hydrogens is 973 g/mol. The number of hydrogen-bond acceptors (Lipinski definition) is 6. The summed E-state index contributed by atoms with van der Waals surface area (Å²) in [4.78, 5) is 38.3. The van der Waals surface area contributed by atoms with E-state index in [2.05, 4.69) is 154 Å². The molecule has 0 aliphatic rings. The molecular formula is C73H120O6. The zero-order chi connectivity index (χ0) is 57.1. The predicted molar refractivity (Wildman–Crippen MR) is 343 cm³/mol. The van der Waals surface area contributed by atoms with Crippen LogP contribution in [0.4, 0.5) is 0 Å². The second-order valence-corrected chi connectivity index (χ2v) is 21.3. The maximum atomic E-state index is 12.9. The molecule has 0 heterocycles. The summed E-state index contributed by atoms with van der Waals surface area (Å²) in [6, 6.07) is 0. The maximum absolute atomic E-state index is 12.9. The van der Waals surface area contributed by atoms with Crippen molar-refractivity contribution in [2.45, 2.75) is 297 Å². The van der Waals surface area contributed by atoms with Crippen molar-refractivity contribution in [2.24, 2.45) is 0 Å². The lowest BCUT2D eigenvalue weighted by Crippen LogP contribution is -2.30. The molecule has 0 saturated carbocycles. The first kappa shape index (κ1) is 74.5. The van der Waals surface area contributed by atoms with Crippen LogP contribution >= 0.6 is 0 Å². The van der Waals surface area contributed by atoms with Gasteiger partial charge in [0.1, 0.15) is 13.2 Å². The molecule has 79 heavy (non-hydrogen) atoms. The molecule has 0 spiro atoms. The first-order valence-electron chi connectivity index (χ1n) is 32.7. The molecule has 0 aliphatic heterocycles. The molecule has 0 aromatic carbocycles. The molecule has 0 aromatic heterocycles. The van der Waals surface area contributed by atoms with Crippen LogP contribution in [0, 0.1) is 0 Å². The van der Waals surface area contributed by atoms with E-state index < -0.39 is 6.10 Å². The van der Waals surface area contributed by atoms with Crippen molar-refractivity contribution in [1.29, 1.82) is 0 Å². The standard InChI is InChI=1S/C73H120O6/c1-4-7-10-13-16-19-22-25-28-30-31-32-33-34-35-36-37-38-39-40-41-43-45-48-51-54-57-60-63-66-72(75)78-69-70(68-77-71(74)65-62-59-56-53-50-47-44-27-24-21-18-15-12-9-6-3)79-73(76)67-64-61-58-55-52-49-46-42-29-26-23-20-17-14-11-8-5-2/h7-8,10-11,16-21,25-29,31-32,34-35,44,46,49,70H,4-6,9,12-15,22-24,30,33,36-43,45,47-48,50-69H2,1-3H3/b10-7-,11-8-,19-16-,20-17-,21-18-,28-25-,29-26-,32-31-,35-34-,44-27-,49-46-. The van der Waals surface area contributed by atoms with Gasteiger partial charge in [0.05, 0.1) is 0 Å². The average molecular weight is 1090 g/mol. The predicted octanol–water partition coefficient (Wildman–Crippen LogP) is 22.5. The Hall–Kier alpha value is -4.45. The first-order chi connectivity index (χ1) is 39.0. The molecule has 6 nitrogen and oxygen atoms in total. The molecule has 0 saturated heterocycles. The van der Waals surface area contributed by atoms with Gasteiger partial charge in [-0.15, -0.1) is 0 Å². The minimum atomic E-state index is -0.802. The minimum Gasteiger partial charge on any atom is -0.462 e. The van der Waals surface area contributed by atoms with Crippen molar-refractivity contribution in [3.63, 3.8) is 0 Å². The number of ether oxygens (including phenoxy) is 3. The Morgan fingerprint density at radius 1 is 0.266 bits per heavy atom. The van der Waals surface area contributed by atoms with Gasteiger partial charge in [-0.05, 0) is 135 Å². The van der Waals surface area contributed by atoms with Crippen LogP contribution < -0.4 is 0 Å². The Morgan fingerprint density at radius 2 is 0.494 bits per heavy atom. The number of rotatable bonds is 58. The molecule has 0 N–H and O–H groups in total. The smallest absolute Gasteiger partial charge is 0.306 e. The highest BCUT2D eigenvalue weighted by molar-refractivity contribution is 5.71. The third-order valence-electron chi connectivity index (χ3n) is 13.6. The Balaban J connectivity index is 4.34. The lowest BCUT2D eigenvalue weighted by atomic mass is 10.0. The lowest BCUT2D eigenvalue weighted by molar-refractivity contribution is -0.167. The van der Waals surface area contributed by atoms with Gasteiger partial charge in [0.2, 0.25) is 0 Å². The molecule has 0 bridgehead atoms. The average Bonchev–Trinajstić information content (AvgIpc) is 3.45. The molecule has 0 aliphatic carbocycles. The van der Waals surface area contributed by atoms with Crippen molar-refractivity contribution >= 4 is 17.9 Å². The number of unbranched alkanes of at least 4 members (excludes halogenated alkanes) is 25. The number of carbonyl (C=O) groups excluding carboxylic acids is 3. The van der Waals surface area contributed by atoms with E-state index >= 15 is 0 Å². The summed E-state index contributed by atoms with van der Waals surface area (Å²) in [7, 11) is 0. The lowest BCUT2D eigenvalue weighted by Gasteiger charge is -2.18. The molecule has 0 rings (SSSR count). The van der Waals surface area contributed by atoms with Crippen molar-refractivity contribution in [1.82, 2.24) is 0 Å². The van der Waals surface area contributed by atoms with Crippen molar-refractivity contribution in [3.05, 3.63) is 134 Å². The topological polar surface area (TPSA) is 78.9 Å². The summed E-state index contributed by atoms with van der Waals surface area (Å²) in [6.07, 6.45) is 93.2. The monoisotopic (exact) mass is 1090 g/mol. The molecule has 448 valence electrons. The molecule has 6 heteroatoms. The Labute approximate surface area is 487 Å². The first-order valence-corrected chi connectivity index (χ1v) is 32.7. The molecule has 0 radical (unpaired) electrons. The Morgan fingerprint density at radius 3 is 0.772 bits per heavy atom. The number of hydrogen-bond donors (Lipinski definition) is 0. The Bertz CT molecular complexity index is 1680. The van der Waals surface area contributed by atoms with E-state index in [-0.39, 0.29) is 31.1 Å². The summed E-state index contributed by atoms with van der Waals surface area (Å²) < 4.78 is 16.9. The second-order valence-electron chi connectivity index (χ2n) is 21.3. The molecule has 0 aromatic rings. The van der Waals surface area contributed by atoms with Crippen molar-refractivity contribution < 1.29 is 28.6 Å². The van der Waals surface area contributed by atoms with Gasteiger partial charge in [-0.1, -0.05) is 270 Å². The normalized spacial score (nSPS) is 13.0.